The summed E-state index contributed by atoms with van der Waals surface area (Å²) in [6, 6.07) is 1.75. The second-order valence-corrected chi connectivity index (χ2v) is 3.46. The van der Waals surface area contributed by atoms with Gasteiger partial charge >= 0.3 is 0 Å². The van der Waals surface area contributed by atoms with E-state index in [1.54, 1.807) is 0 Å². The van der Waals surface area contributed by atoms with Gasteiger partial charge in [-0.05, 0) is 6.42 Å². The fourth-order valence-corrected chi connectivity index (χ4v) is 1.26. The number of amides is 1. The molecule has 0 aliphatic carbocycles. The van der Waals surface area contributed by atoms with E-state index < -0.39 is 17.5 Å². The lowest BCUT2D eigenvalue weighted by molar-refractivity contribution is -0.120. The van der Waals surface area contributed by atoms with Crippen LogP contribution in [0.2, 0.25) is 0 Å². The summed E-state index contributed by atoms with van der Waals surface area (Å²) in [6.45, 7) is 0.373. The Bertz CT molecular complexity index is 387. The monoisotopic (exact) mass is 246 g/mol. The molecule has 0 heterocycles. The van der Waals surface area contributed by atoms with Crippen LogP contribution in [0, 0.1) is 17.5 Å². The van der Waals surface area contributed by atoms with E-state index >= 15 is 0 Å². The second-order valence-electron chi connectivity index (χ2n) is 3.46. The summed E-state index contributed by atoms with van der Waals surface area (Å²) in [7, 11) is 1.53. The lowest BCUT2D eigenvalue weighted by Crippen LogP contribution is -2.18. The number of anilines is 1. The first-order valence-corrected chi connectivity index (χ1v) is 5.13. The van der Waals surface area contributed by atoms with Crippen molar-refractivity contribution in [2.75, 3.05) is 18.9 Å². The molecule has 1 aromatic rings. The minimum Gasteiger partial charge on any atom is -0.385 e. The van der Waals surface area contributed by atoms with E-state index in [0.717, 1.165) is 12.1 Å². The standard InChI is InChI=1S/C11H13F3N2O/c1-15-10(17)3-2-4-16-7-5-8(12)11(14)9(13)6-7/h5-6,16H,2-4H2,1H3,(H,15,17). The van der Waals surface area contributed by atoms with Crippen molar-refractivity contribution in [3.05, 3.63) is 29.6 Å². The Kier molecular flexibility index (Phi) is 4.81. The summed E-state index contributed by atoms with van der Waals surface area (Å²) in [4.78, 5) is 10.9. The summed E-state index contributed by atoms with van der Waals surface area (Å²) < 4.78 is 38.2. The molecule has 0 aliphatic rings. The highest BCUT2D eigenvalue weighted by Crippen LogP contribution is 2.17. The Balaban J connectivity index is 2.45. The molecular formula is C11H13F3N2O. The maximum Gasteiger partial charge on any atom is 0.219 e. The minimum atomic E-state index is -1.49. The molecule has 0 saturated heterocycles. The van der Waals surface area contributed by atoms with Crippen molar-refractivity contribution in [1.82, 2.24) is 5.32 Å². The highest BCUT2D eigenvalue weighted by Gasteiger charge is 2.10. The van der Waals surface area contributed by atoms with Crippen LogP contribution in [0.4, 0.5) is 18.9 Å². The van der Waals surface area contributed by atoms with Crippen LogP contribution in [0.1, 0.15) is 12.8 Å². The van der Waals surface area contributed by atoms with Gasteiger partial charge in [-0.2, -0.15) is 0 Å². The Hall–Kier alpha value is -1.72. The molecule has 0 saturated carbocycles. The molecule has 0 spiro atoms. The minimum absolute atomic E-state index is 0.108. The average molecular weight is 246 g/mol. The third kappa shape index (κ3) is 3.97. The van der Waals surface area contributed by atoms with E-state index in [1.807, 2.05) is 0 Å². The molecule has 0 atom stereocenters. The van der Waals surface area contributed by atoms with Crippen molar-refractivity contribution in [3.8, 4) is 0 Å². The number of carbonyl (C=O) groups is 1. The Labute approximate surface area is 97.0 Å². The van der Waals surface area contributed by atoms with Crippen LogP contribution in [0.3, 0.4) is 0 Å². The largest absolute Gasteiger partial charge is 0.385 e. The Morgan fingerprint density at radius 1 is 1.24 bits per heavy atom. The maximum absolute atomic E-state index is 12.8. The zero-order valence-corrected chi connectivity index (χ0v) is 9.32. The van der Waals surface area contributed by atoms with Gasteiger partial charge in [0.1, 0.15) is 0 Å². The molecule has 2 N–H and O–H groups in total. The third-order valence-electron chi connectivity index (χ3n) is 2.17. The zero-order chi connectivity index (χ0) is 12.8. The highest BCUT2D eigenvalue weighted by molar-refractivity contribution is 5.75. The number of halogens is 3. The molecule has 1 aromatic carbocycles. The quantitative estimate of drug-likeness (QED) is 0.616. The van der Waals surface area contributed by atoms with Gasteiger partial charge in [0.25, 0.3) is 0 Å². The number of hydrogen-bond acceptors (Lipinski definition) is 2. The van der Waals surface area contributed by atoms with Crippen molar-refractivity contribution in [2.45, 2.75) is 12.8 Å². The first-order chi connectivity index (χ1) is 8.04. The predicted molar refractivity (Wildman–Crippen MR) is 58.1 cm³/mol. The van der Waals surface area contributed by atoms with E-state index in [4.69, 9.17) is 0 Å². The number of carbonyl (C=O) groups excluding carboxylic acids is 1. The molecule has 3 nitrogen and oxygen atoms in total. The molecule has 0 radical (unpaired) electrons. The number of benzene rings is 1. The fraction of sp³-hybridized carbons (Fsp3) is 0.364. The zero-order valence-electron chi connectivity index (χ0n) is 9.32. The summed E-state index contributed by atoms with van der Waals surface area (Å²) >= 11 is 0. The highest BCUT2D eigenvalue weighted by atomic mass is 19.2. The third-order valence-corrected chi connectivity index (χ3v) is 2.17. The van der Waals surface area contributed by atoms with Crippen molar-refractivity contribution < 1.29 is 18.0 Å². The van der Waals surface area contributed by atoms with Gasteiger partial charge in [0, 0.05) is 37.8 Å². The van der Waals surface area contributed by atoms with Gasteiger partial charge in [-0.3, -0.25) is 4.79 Å². The van der Waals surface area contributed by atoms with Crippen LogP contribution in [-0.4, -0.2) is 19.5 Å². The molecule has 94 valence electrons. The Morgan fingerprint density at radius 2 is 1.82 bits per heavy atom. The lowest BCUT2D eigenvalue weighted by Gasteiger charge is -2.07. The van der Waals surface area contributed by atoms with Crippen LogP contribution in [-0.2, 0) is 4.79 Å². The van der Waals surface area contributed by atoms with Crippen molar-refractivity contribution >= 4 is 11.6 Å². The molecule has 0 aliphatic heterocycles. The number of nitrogens with one attached hydrogen (secondary N) is 2. The molecule has 0 bridgehead atoms. The van der Waals surface area contributed by atoms with E-state index in [-0.39, 0.29) is 11.6 Å². The van der Waals surface area contributed by atoms with Crippen molar-refractivity contribution in [3.63, 3.8) is 0 Å². The molecule has 0 unspecified atom stereocenters. The molecule has 1 rings (SSSR count). The SMILES string of the molecule is CNC(=O)CCCNc1cc(F)c(F)c(F)c1. The lowest BCUT2D eigenvalue weighted by atomic mass is 10.2. The normalized spacial score (nSPS) is 10.1. The summed E-state index contributed by atoms with van der Waals surface area (Å²) in [5.74, 6) is -4.07. The molecule has 1 amide bonds. The second kappa shape index (κ2) is 6.12. The topological polar surface area (TPSA) is 41.1 Å². The van der Waals surface area contributed by atoms with Gasteiger partial charge in [-0.15, -0.1) is 0 Å². The van der Waals surface area contributed by atoms with Crippen LogP contribution in [0.25, 0.3) is 0 Å². The maximum atomic E-state index is 12.8. The Morgan fingerprint density at radius 3 is 2.35 bits per heavy atom. The van der Waals surface area contributed by atoms with Gasteiger partial charge < -0.3 is 10.6 Å². The predicted octanol–water partition coefficient (Wildman–Crippen LogP) is 2.04. The van der Waals surface area contributed by atoms with Crippen molar-refractivity contribution in [2.24, 2.45) is 0 Å². The summed E-state index contributed by atoms with van der Waals surface area (Å²) in [6.07, 6.45) is 0.829. The summed E-state index contributed by atoms with van der Waals surface area (Å²) in [5.41, 5.74) is 0.151. The number of hydrogen-bond donors (Lipinski definition) is 2. The van der Waals surface area contributed by atoms with E-state index in [2.05, 4.69) is 10.6 Å². The average Bonchev–Trinajstić information content (AvgIpc) is 2.31. The molecule has 6 heteroatoms. The van der Waals surface area contributed by atoms with Gasteiger partial charge in [0.15, 0.2) is 17.5 Å². The van der Waals surface area contributed by atoms with Crippen LogP contribution >= 0.6 is 0 Å². The van der Waals surface area contributed by atoms with Crippen LogP contribution in [0.15, 0.2) is 12.1 Å². The first-order valence-electron chi connectivity index (χ1n) is 5.13. The smallest absolute Gasteiger partial charge is 0.219 e. The van der Waals surface area contributed by atoms with Gasteiger partial charge in [0.2, 0.25) is 5.91 Å². The van der Waals surface area contributed by atoms with Gasteiger partial charge in [0.05, 0.1) is 0 Å². The first kappa shape index (κ1) is 13.3. The van der Waals surface area contributed by atoms with E-state index in [0.29, 0.717) is 19.4 Å². The molecular weight excluding hydrogens is 233 g/mol. The van der Waals surface area contributed by atoms with Gasteiger partial charge in [-0.25, -0.2) is 13.2 Å². The van der Waals surface area contributed by atoms with Gasteiger partial charge in [-0.1, -0.05) is 0 Å². The molecule has 0 aromatic heterocycles. The van der Waals surface area contributed by atoms with Crippen molar-refractivity contribution in [1.29, 1.82) is 0 Å². The molecule has 17 heavy (non-hydrogen) atoms. The van der Waals surface area contributed by atoms with Crippen LogP contribution < -0.4 is 10.6 Å². The number of rotatable bonds is 5. The fourth-order valence-electron chi connectivity index (χ4n) is 1.26. The van der Waals surface area contributed by atoms with Crippen LogP contribution in [0.5, 0.6) is 0 Å². The summed E-state index contributed by atoms with van der Waals surface area (Å²) in [5, 5.41) is 5.16. The van der Waals surface area contributed by atoms with E-state index in [9.17, 15) is 18.0 Å². The molecule has 0 fully saturated rings. The van der Waals surface area contributed by atoms with E-state index in [1.165, 1.54) is 7.05 Å².